The maximum atomic E-state index is 6.82. The number of hydrogen-bond acceptors (Lipinski definition) is 4. The van der Waals surface area contributed by atoms with Crippen LogP contribution in [0.1, 0.15) is 35.2 Å². The molecule has 1 aliphatic rings. The number of nitrogens with zero attached hydrogens (tertiary/aromatic N) is 2. The van der Waals surface area contributed by atoms with E-state index in [1.54, 1.807) is 0 Å². The summed E-state index contributed by atoms with van der Waals surface area (Å²) < 4.78 is 11.6. The van der Waals surface area contributed by atoms with Crippen LogP contribution in [0.4, 0.5) is 0 Å². The van der Waals surface area contributed by atoms with Crippen molar-refractivity contribution in [1.82, 2.24) is 25.1 Å². The molecule has 1 saturated heterocycles. The third-order valence-electron chi connectivity index (χ3n) is 13.0. The van der Waals surface area contributed by atoms with Crippen molar-refractivity contribution in [2.24, 2.45) is 0 Å². The SMILES string of the molecule is c1ccc(C2NC(c3ccccc3)NC(c3cccc4oc5cc6c(cc5c34)c3cc(-c4ccc5c(c4)c4ccccc4n5-c4ccccc4)ccc3n6-c3ccccc3)N2)cc1. The van der Waals surface area contributed by atoms with Crippen molar-refractivity contribution >= 4 is 65.6 Å². The normalized spacial score (nSPS) is 16.9. The lowest BCUT2D eigenvalue weighted by Crippen LogP contribution is -2.54. The van der Waals surface area contributed by atoms with E-state index in [-0.39, 0.29) is 18.5 Å². The Kier molecular flexibility index (Phi) is 8.24. The molecule has 3 N–H and O–H groups in total. The first kappa shape index (κ1) is 36.0. The van der Waals surface area contributed by atoms with Crippen LogP contribution in [-0.4, -0.2) is 9.13 Å². The molecule has 1 fully saturated rings. The van der Waals surface area contributed by atoms with Gasteiger partial charge in [0.25, 0.3) is 0 Å². The fraction of sp³-hybridized carbons (Fsp3) is 0.0526. The zero-order valence-corrected chi connectivity index (χ0v) is 34.2. The first-order chi connectivity index (χ1) is 31.2. The average molecular weight is 812 g/mol. The summed E-state index contributed by atoms with van der Waals surface area (Å²) in [6.07, 6.45) is -0.347. The minimum absolute atomic E-state index is 0.0841. The summed E-state index contributed by atoms with van der Waals surface area (Å²) in [5.74, 6) is 0. The van der Waals surface area contributed by atoms with Crippen molar-refractivity contribution in [1.29, 1.82) is 0 Å². The predicted octanol–water partition coefficient (Wildman–Crippen LogP) is 13.6. The van der Waals surface area contributed by atoms with Crippen molar-refractivity contribution in [3.8, 4) is 22.5 Å². The Labute approximate surface area is 363 Å². The molecular formula is C57H41N5O. The monoisotopic (exact) mass is 811 g/mol. The largest absolute Gasteiger partial charge is 0.456 e. The van der Waals surface area contributed by atoms with E-state index in [0.29, 0.717) is 0 Å². The van der Waals surface area contributed by atoms with E-state index in [1.165, 1.54) is 54.8 Å². The molecule has 13 rings (SSSR count). The Balaban J connectivity index is 1.000. The molecule has 0 radical (unpaired) electrons. The average Bonchev–Trinajstić information content (AvgIpc) is 4.00. The third kappa shape index (κ3) is 5.84. The Morgan fingerprint density at radius 1 is 0.333 bits per heavy atom. The van der Waals surface area contributed by atoms with Crippen LogP contribution in [0.5, 0.6) is 0 Å². The standard InChI is InChI=1S/C57H41N5O/c1-5-16-36(17-6-1)55-58-56(37-18-7-2-8-19-37)60-57(59-55)43-25-15-27-52-54(43)47-34-46-45-33-39(29-31-50(45)62(41-22-11-4-12-23-41)51(46)35-53(47)63-52)38-28-30-49-44(32-38)42-24-13-14-26-48(42)61(49)40-20-9-3-10-21-40/h1-35,55-60H. The van der Waals surface area contributed by atoms with Gasteiger partial charge in [0, 0.05) is 49.8 Å². The summed E-state index contributed by atoms with van der Waals surface area (Å²) in [6.45, 7) is 0. The van der Waals surface area contributed by atoms with Gasteiger partial charge < -0.3 is 13.6 Å². The zero-order valence-electron chi connectivity index (χ0n) is 34.2. The molecule has 0 spiro atoms. The Morgan fingerprint density at radius 2 is 0.825 bits per heavy atom. The highest BCUT2D eigenvalue weighted by molar-refractivity contribution is 6.19. The van der Waals surface area contributed by atoms with Crippen LogP contribution in [0.3, 0.4) is 0 Å². The van der Waals surface area contributed by atoms with Crippen molar-refractivity contribution < 1.29 is 4.42 Å². The van der Waals surface area contributed by atoms with Crippen LogP contribution in [0.25, 0.3) is 88.1 Å². The van der Waals surface area contributed by atoms with Gasteiger partial charge in [0.2, 0.25) is 0 Å². The number of hydrogen-bond donors (Lipinski definition) is 3. The molecule has 2 unspecified atom stereocenters. The van der Waals surface area contributed by atoms with Crippen LogP contribution in [-0.2, 0) is 0 Å². The maximum Gasteiger partial charge on any atom is 0.137 e. The van der Waals surface area contributed by atoms with Crippen LogP contribution in [0, 0.1) is 0 Å². The summed E-state index contributed by atoms with van der Waals surface area (Å²) in [4.78, 5) is 0. The van der Waals surface area contributed by atoms with Gasteiger partial charge in [-0.15, -0.1) is 0 Å². The molecule has 6 nitrogen and oxygen atoms in total. The van der Waals surface area contributed by atoms with Gasteiger partial charge in [0.1, 0.15) is 11.2 Å². The zero-order chi connectivity index (χ0) is 41.4. The van der Waals surface area contributed by atoms with Gasteiger partial charge in [0.15, 0.2) is 0 Å². The van der Waals surface area contributed by atoms with Crippen LogP contribution < -0.4 is 16.0 Å². The fourth-order valence-electron chi connectivity index (χ4n) is 10.1. The summed E-state index contributed by atoms with van der Waals surface area (Å²) >= 11 is 0. The molecule has 0 saturated carbocycles. The Hall–Kier alpha value is -7.74. The molecule has 9 aromatic carbocycles. The van der Waals surface area contributed by atoms with E-state index >= 15 is 0 Å². The van der Waals surface area contributed by atoms with Crippen LogP contribution in [0.15, 0.2) is 217 Å². The quantitative estimate of drug-likeness (QED) is 0.157. The van der Waals surface area contributed by atoms with Gasteiger partial charge in [-0.05, 0) is 94.5 Å². The summed E-state index contributed by atoms with van der Waals surface area (Å²) in [5.41, 5.74) is 14.5. The van der Waals surface area contributed by atoms with E-state index in [0.717, 1.165) is 49.9 Å². The molecule has 4 heterocycles. The van der Waals surface area contributed by atoms with Crippen molar-refractivity contribution in [3.63, 3.8) is 0 Å². The minimum Gasteiger partial charge on any atom is -0.456 e. The molecular weight excluding hydrogens is 771 g/mol. The van der Waals surface area contributed by atoms with Gasteiger partial charge in [-0.2, -0.15) is 0 Å². The Bertz CT molecular complexity index is 3620. The number of rotatable bonds is 6. The lowest BCUT2D eigenvalue weighted by atomic mass is 9.98. The lowest BCUT2D eigenvalue weighted by molar-refractivity contribution is 0.204. The molecule has 6 heteroatoms. The van der Waals surface area contributed by atoms with Gasteiger partial charge in [0.05, 0.1) is 40.6 Å². The van der Waals surface area contributed by atoms with Crippen molar-refractivity contribution in [2.75, 3.05) is 0 Å². The predicted molar refractivity (Wildman–Crippen MR) is 258 cm³/mol. The van der Waals surface area contributed by atoms with E-state index in [4.69, 9.17) is 4.42 Å². The second kappa shape index (κ2) is 14.4. The summed E-state index contributed by atoms with van der Waals surface area (Å²) in [6, 6.07) is 76.2. The van der Waals surface area contributed by atoms with E-state index in [1.807, 2.05) is 0 Å². The van der Waals surface area contributed by atoms with Crippen LogP contribution in [0.2, 0.25) is 0 Å². The van der Waals surface area contributed by atoms with Crippen molar-refractivity contribution in [3.05, 3.63) is 229 Å². The molecule has 63 heavy (non-hydrogen) atoms. The highest BCUT2D eigenvalue weighted by atomic mass is 16.3. The molecule has 1 aliphatic heterocycles. The number of furan rings is 1. The molecule has 12 aromatic rings. The molecule has 0 aliphatic carbocycles. The molecule has 0 amide bonds. The van der Waals surface area contributed by atoms with E-state index < -0.39 is 0 Å². The topological polar surface area (TPSA) is 59.1 Å². The summed E-state index contributed by atoms with van der Waals surface area (Å²) in [5, 5.41) is 18.7. The van der Waals surface area contributed by atoms with Crippen molar-refractivity contribution in [2.45, 2.75) is 18.5 Å². The number of nitrogens with one attached hydrogen (secondary N) is 3. The van der Waals surface area contributed by atoms with E-state index in [2.05, 4.69) is 237 Å². The van der Waals surface area contributed by atoms with Gasteiger partial charge >= 0.3 is 0 Å². The summed E-state index contributed by atoms with van der Waals surface area (Å²) in [7, 11) is 0. The van der Waals surface area contributed by atoms with E-state index in [9.17, 15) is 0 Å². The fourth-order valence-corrected chi connectivity index (χ4v) is 10.1. The first-order valence-corrected chi connectivity index (χ1v) is 21.7. The molecule has 3 aromatic heterocycles. The first-order valence-electron chi connectivity index (χ1n) is 21.7. The third-order valence-corrected chi connectivity index (χ3v) is 13.0. The molecule has 0 bridgehead atoms. The second-order valence-corrected chi connectivity index (χ2v) is 16.6. The van der Waals surface area contributed by atoms with Gasteiger partial charge in [-0.25, -0.2) is 0 Å². The lowest BCUT2D eigenvalue weighted by Gasteiger charge is -2.39. The maximum absolute atomic E-state index is 6.82. The smallest absolute Gasteiger partial charge is 0.137 e. The number of benzene rings is 9. The van der Waals surface area contributed by atoms with Gasteiger partial charge in [-0.3, -0.25) is 16.0 Å². The minimum atomic E-state index is -0.179. The highest BCUT2D eigenvalue weighted by Gasteiger charge is 2.31. The highest BCUT2D eigenvalue weighted by Crippen LogP contribution is 2.43. The van der Waals surface area contributed by atoms with Crippen LogP contribution >= 0.6 is 0 Å². The van der Waals surface area contributed by atoms with Gasteiger partial charge in [-0.1, -0.05) is 140 Å². The number of para-hydroxylation sites is 3. The molecule has 300 valence electrons. The number of fused-ring (bicyclic) bond motifs is 9. The second-order valence-electron chi connectivity index (χ2n) is 16.6. The number of aromatic nitrogens is 2. The Morgan fingerprint density at radius 3 is 1.44 bits per heavy atom. The molecule has 2 atom stereocenters.